The summed E-state index contributed by atoms with van der Waals surface area (Å²) in [5.41, 5.74) is 6.11. The average Bonchev–Trinajstić information content (AvgIpc) is 3.24. The van der Waals surface area contributed by atoms with Crippen LogP contribution in [-0.4, -0.2) is 52.6 Å². The Balaban J connectivity index is 1.75. The van der Waals surface area contributed by atoms with Crippen molar-refractivity contribution in [1.82, 2.24) is 9.55 Å². The second-order valence-corrected chi connectivity index (χ2v) is 12.7. The number of aromatic amines is 1. The molecule has 18 heteroatoms. The highest BCUT2D eigenvalue weighted by Gasteiger charge is 2.62. The molecule has 0 saturated carbocycles. The van der Waals surface area contributed by atoms with Crippen LogP contribution in [0.25, 0.3) is 10.4 Å². The molecule has 0 radical (unpaired) electrons. The SMILES string of the molecule is CC(C)C(=O)O[C@H]1[C@H](n2ccc(=O)[nH]c2=O)O[C@@](COP2(=O)OCC[C@@H](c3cccc(Cl)c3)O2)(N=[N+]=[N-])[C@H]1OC(=O)C(C)C. The van der Waals surface area contributed by atoms with Gasteiger partial charge in [0.05, 0.1) is 31.2 Å². The van der Waals surface area contributed by atoms with Crippen LogP contribution in [-0.2, 0) is 41.9 Å². The van der Waals surface area contributed by atoms with E-state index in [4.69, 9.17) is 39.4 Å². The van der Waals surface area contributed by atoms with Crippen LogP contribution in [0, 0.1) is 11.8 Å². The lowest BCUT2D eigenvalue weighted by Gasteiger charge is -2.33. The Morgan fingerprint density at radius 2 is 1.91 bits per heavy atom. The summed E-state index contributed by atoms with van der Waals surface area (Å²) in [6.07, 6.45) is -4.34. The van der Waals surface area contributed by atoms with Gasteiger partial charge in [-0.2, -0.15) is 0 Å². The number of rotatable bonds is 10. The van der Waals surface area contributed by atoms with Crippen molar-refractivity contribution in [3.63, 3.8) is 0 Å². The Bertz CT molecular complexity index is 1610. The first-order valence-corrected chi connectivity index (χ1v) is 15.4. The highest BCUT2D eigenvalue weighted by atomic mass is 35.5. The molecule has 2 saturated heterocycles. The molecule has 44 heavy (non-hydrogen) atoms. The molecule has 2 aliphatic rings. The number of nitrogens with zero attached hydrogens (tertiary/aromatic N) is 4. The normalized spacial score (nSPS) is 28.4. The molecular weight excluding hydrogens is 625 g/mol. The maximum atomic E-state index is 13.7. The fraction of sp³-hybridized carbons (Fsp3) is 0.538. The molecule has 238 valence electrons. The van der Waals surface area contributed by atoms with Crippen molar-refractivity contribution in [2.24, 2.45) is 17.0 Å². The molecule has 0 spiro atoms. The minimum Gasteiger partial charge on any atom is -0.455 e. The zero-order chi connectivity index (χ0) is 32.2. The Morgan fingerprint density at radius 1 is 1.20 bits per heavy atom. The van der Waals surface area contributed by atoms with Gasteiger partial charge in [-0.15, -0.1) is 0 Å². The second kappa shape index (κ2) is 13.7. The molecule has 0 amide bonds. The van der Waals surface area contributed by atoms with Crippen molar-refractivity contribution >= 4 is 31.4 Å². The van der Waals surface area contributed by atoms with Crippen LogP contribution in [0.4, 0.5) is 0 Å². The number of aromatic nitrogens is 2. The van der Waals surface area contributed by atoms with E-state index >= 15 is 0 Å². The predicted molar refractivity (Wildman–Crippen MR) is 152 cm³/mol. The maximum Gasteiger partial charge on any atom is 0.475 e. The zero-order valence-electron chi connectivity index (χ0n) is 24.2. The van der Waals surface area contributed by atoms with Crippen molar-refractivity contribution in [1.29, 1.82) is 0 Å². The van der Waals surface area contributed by atoms with E-state index in [9.17, 15) is 29.3 Å². The first kappa shape index (κ1) is 33.4. The van der Waals surface area contributed by atoms with Gasteiger partial charge in [0.1, 0.15) is 0 Å². The van der Waals surface area contributed by atoms with Gasteiger partial charge >= 0.3 is 25.5 Å². The summed E-state index contributed by atoms with van der Waals surface area (Å²) in [6.45, 7) is 5.19. The molecule has 16 nitrogen and oxygen atoms in total. The number of H-pyrrole nitrogens is 1. The Morgan fingerprint density at radius 3 is 2.55 bits per heavy atom. The number of phosphoric ester groups is 1. The van der Waals surface area contributed by atoms with Crippen LogP contribution in [0.15, 0.2) is 51.2 Å². The lowest BCUT2D eigenvalue weighted by Crippen LogP contribution is -2.49. The number of hydrogen-bond acceptors (Lipinski definition) is 12. The summed E-state index contributed by atoms with van der Waals surface area (Å²) < 4.78 is 48.5. The van der Waals surface area contributed by atoms with Crippen LogP contribution >= 0.6 is 19.4 Å². The highest BCUT2D eigenvalue weighted by Crippen LogP contribution is 2.58. The van der Waals surface area contributed by atoms with Crippen LogP contribution in [0.1, 0.15) is 52.0 Å². The van der Waals surface area contributed by atoms with Crippen LogP contribution in [0.2, 0.25) is 5.02 Å². The lowest BCUT2D eigenvalue weighted by molar-refractivity contribution is -0.177. The van der Waals surface area contributed by atoms with Gasteiger partial charge in [0, 0.05) is 28.6 Å². The van der Waals surface area contributed by atoms with Crippen LogP contribution < -0.4 is 11.2 Å². The topological polar surface area (TPSA) is 210 Å². The number of ether oxygens (including phenoxy) is 3. The fourth-order valence-electron chi connectivity index (χ4n) is 4.39. The standard InChI is InChI=1S/C26H31ClN5O11P/c1-14(2)23(34)40-20-21(41-24(35)15(3)4)26(30-31-28,42-22(20)32-10-8-19(33)29-25(32)36)13-39-44(37)38-11-9-18(43-44)16-6-5-7-17(27)12-16/h5-8,10,12,14-15,18,20-22H,9,11,13H2,1-4H3,(H,29,33,36)/t18-,20+,21-,22+,26+,44?/m0/s1. The number of benzene rings is 1. The molecule has 4 rings (SSSR count). The third kappa shape index (κ3) is 7.41. The van der Waals surface area contributed by atoms with E-state index < -0.39 is 79.7 Å². The average molecular weight is 656 g/mol. The number of carbonyl (C=O) groups excluding carboxylic acids is 2. The number of phosphoric acid groups is 1. The second-order valence-electron chi connectivity index (χ2n) is 10.6. The molecule has 0 aliphatic carbocycles. The molecule has 2 aliphatic heterocycles. The monoisotopic (exact) mass is 655 g/mol. The summed E-state index contributed by atoms with van der Waals surface area (Å²) in [7, 11) is -4.39. The molecule has 0 bridgehead atoms. The van der Waals surface area contributed by atoms with Gasteiger partial charge in [0.15, 0.2) is 18.4 Å². The van der Waals surface area contributed by atoms with E-state index in [1.54, 1.807) is 24.3 Å². The molecule has 2 aromatic rings. The number of halogens is 1. The molecular formula is C26H31ClN5O11P. The van der Waals surface area contributed by atoms with Crippen molar-refractivity contribution in [2.45, 2.75) is 64.4 Å². The Hall–Kier alpha value is -3.49. The van der Waals surface area contributed by atoms with E-state index in [-0.39, 0.29) is 6.61 Å². The summed E-state index contributed by atoms with van der Waals surface area (Å²) in [5.74, 6) is -2.98. The van der Waals surface area contributed by atoms with Crippen molar-refractivity contribution < 1.29 is 41.9 Å². The van der Waals surface area contributed by atoms with Gasteiger partial charge in [0.2, 0.25) is 5.72 Å². The lowest BCUT2D eigenvalue weighted by atomic mass is 10.0. The van der Waals surface area contributed by atoms with Crippen molar-refractivity contribution in [3.8, 4) is 0 Å². The zero-order valence-corrected chi connectivity index (χ0v) is 25.8. The van der Waals surface area contributed by atoms with E-state index in [1.807, 2.05) is 0 Å². The molecule has 1 aromatic carbocycles. The molecule has 2 fully saturated rings. The minimum atomic E-state index is -4.39. The van der Waals surface area contributed by atoms with Gasteiger partial charge < -0.3 is 14.2 Å². The number of esters is 2. The summed E-state index contributed by atoms with van der Waals surface area (Å²) >= 11 is 6.10. The molecule has 1 N–H and O–H groups in total. The third-order valence-corrected chi connectivity index (χ3v) is 8.35. The van der Waals surface area contributed by atoms with Crippen molar-refractivity contribution in [2.75, 3.05) is 13.2 Å². The molecule has 1 aromatic heterocycles. The van der Waals surface area contributed by atoms with Crippen molar-refractivity contribution in [3.05, 3.63) is 78.4 Å². The molecule has 6 atom stereocenters. The van der Waals surface area contributed by atoms with E-state index in [0.717, 1.165) is 16.8 Å². The van der Waals surface area contributed by atoms with Gasteiger partial charge in [-0.3, -0.25) is 37.5 Å². The number of hydrogen-bond donors (Lipinski definition) is 1. The van der Waals surface area contributed by atoms with E-state index in [2.05, 4.69) is 15.0 Å². The first-order valence-electron chi connectivity index (χ1n) is 13.6. The quantitative estimate of drug-likeness (QED) is 0.126. The number of azide groups is 1. The summed E-state index contributed by atoms with van der Waals surface area (Å²) in [4.78, 5) is 55.1. The summed E-state index contributed by atoms with van der Waals surface area (Å²) in [5, 5.41) is 4.13. The fourth-order valence-corrected chi connectivity index (χ4v) is 5.99. The Kier molecular flexibility index (Phi) is 10.4. The van der Waals surface area contributed by atoms with Gasteiger partial charge in [-0.1, -0.05) is 56.5 Å². The maximum absolute atomic E-state index is 13.7. The van der Waals surface area contributed by atoms with Crippen LogP contribution in [0.5, 0.6) is 0 Å². The molecule has 3 heterocycles. The number of carbonyl (C=O) groups is 2. The third-order valence-electron chi connectivity index (χ3n) is 6.66. The number of nitrogens with one attached hydrogen (secondary N) is 1. The largest absolute Gasteiger partial charge is 0.475 e. The van der Waals surface area contributed by atoms with Gasteiger partial charge in [-0.05, 0) is 23.2 Å². The van der Waals surface area contributed by atoms with Crippen LogP contribution in [0.3, 0.4) is 0 Å². The van der Waals surface area contributed by atoms with Gasteiger partial charge in [-0.25, -0.2) is 9.36 Å². The molecule has 1 unspecified atom stereocenters. The van der Waals surface area contributed by atoms with Gasteiger partial charge in [0.25, 0.3) is 5.56 Å². The Labute approximate surface area is 255 Å². The predicted octanol–water partition coefficient (Wildman–Crippen LogP) is 4.16. The first-order chi connectivity index (χ1) is 20.8. The smallest absolute Gasteiger partial charge is 0.455 e. The van der Waals surface area contributed by atoms with E-state index in [1.165, 1.54) is 27.7 Å². The summed E-state index contributed by atoms with van der Waals surface area (Å²) in [6, 6.07) is 7.70. The minimum absolute atomic E-state index is 0.0420. The van der Waals surface area contributed by atoms with E-state index in [0.29, 0.717) is 17.0 Å². The highest BCUT2D eigenvalue weighted by molar-refractivity contribution is 7.48.